The van der Waals surface area contributed by atoms with Crippen molar-refractivity contribution < 1.29 is 0 Å². The highest BCUT2D eigenvalue weighted by molar-refractivity contribution is 5.80. The lowest BCUT2D eigenvalue weighted by Gasteiger charge is -1.96. The number of aromatic nitrogens is 3. The van der Waals surface area contributed by atoms with Crippen LogP contribution in [0.1, 0.15) is 11.3 Å². The summed E-state index contributed by atoms with van der Waals surface area (Å²) < 4.78 is 4.14. The van der Waals surface area contributed by atoms with Gasteiger partial charge in [-0.2, -0.15) is 0 Å². The summed E-state index contributed by atoms with van der Waals surface area (Å²) in [5.41, 5.74) is 10.2. The maximum Gasteiger partial charge on any atom is 0.214 e. The maximum atomic E-state index is 5.69. The van der Waals surface area contributed by atoms with Gasteiger partial charge in [0.05, 0.1) is 16.7 Å². The lowest BCUT2D eigenvalue weighted by molar-refractivity contribution is 0.840. The van der Waals surface area contributed by atoms with Crippen molar-refractivity contribution in [3.63, 3.8) is 0 Å². The van der Waals surface area contributed by atoms with E-state index in [1.165, 1.54) is 5.56 Å². The minimum atomic E-state index is 0.535. The van der Waals surface area contributed by atoms with E-state index in [1.54, 1.807) is 0 Å². The molecule has 0 aliphatic carbocycles. The van der Waals surface area contributed by atoms with Crippen molar-refractivity contribution in [1.29, 1.82) is 0 Å². The van der Waals surface area contributed by atoms with Crippen LogP contribution in [-0.4, -0.2) is 14.0 Å². The molecule has 2 N–H and O–H groups in total. The zero-order chi connectivity index (χ0) is 11.3. The molecule has 0 amide bonds. The first-order valence-corrected chi connectivity index (χ1v) is 5.34. The standard InChI is InChI=1S/C12H14N4/c1-8-3-4-10-11(5-8)16-7-9(6-13)15(2)12(16)14-10/h3-5,7H,6,13H2,1-2H3. The van der Waals surface area contributed by atoms with E-state index in [4.69, 9.17) is 5.73 Å². The predicted octanol–water partition coefficient (Wildman–Crippen LogP) is 1.59. The maximum absolute atomic E-state index is 5.69. The molecular formula is C12H14N4. The Labute approximate surface area is 93.3 Å². The van der Waals surface area contributed by atoms with Crippen LogP contribution < -0.4 is 5.73 Å². The van der Waals surface area contributed by atoms with Crippen LogP contribution in [0.15, 0.2) is 24.4 Å². The molecule has 0 spiro atoms. The summed E-state index contributed by atoms with van der Waals surface area (Å²) in [4.78, 5) is 4.59. The molecule has 82 valence electrons. The van der Waals surface area contributed by atoms with Crippen LogP contribution in [0, 0.1) is 6.92 Å². The minimum absolute atomic E-state index is 0.535. The third kappa shape index (κ3) is 1.10. The first-order chi connectivity index (χ1) is 7.70. The fourth-order valence-corrected chi connectivity index (χ4v) is 2.11. The van der Waals surface area contributed by atoms with Crippen molar-refractivity contribution in [1.82, 2.24) is 14.0 Å². The SMILES string of the molecule is Cc1ccc2nc3n(C)c(CN)cn3c2c1. The first kappa shape index (κ1) is 9.42. The van der Waals surface area contributed by atoms with Gasteiger partial charge in [0.2, 0.25) is 5.78 Å². The number of nitrogens with zero attached hydrogens (tertiary/aromatic N) is 3. The molecule has 0 unspecified atom stereocenters. The van der Waals surface area contributed by atoms with Gasteiger partial charge in [0.15, 0.2) is 0 Å². The van der Waals surface area contributed by atoms with Crippen LogP contribution >= 0.6 is 0 Å². The number of hydrogen-bond acceptors (Lipinski definition) is 2. The van der Waals surface area contributed by atoms with E-state index in [1.807, 2.05) is 11.6 Å². The van der Waals surface area contributed by atoms with Crippen LogP contribution in [0.25, 0.3) is 16.8 Å². The quantitative estimate of drug-likeness (QED) is 0.668. The number of fused-ring (bicyclic) bond motifs is 3. The second-order valence-electron chi connectivity index (χ2n) is 4.16. The molecule has 1 aromatic carbocycles. The lowest BCUT2D eigenvalue weighted by atomic mass is 10.2. The zero-order valence-electron chi connectivity index (χ0n) is 9.44. The Balaban J connectivity index is 2.47. The van der Waals surface area contributed by atoms with Crippen molar-refractivity contribution in [2.75, 3.05) is 0 Å². The number of aryl methyl sites for hydroxylation is 2. The fourth-order valence-electron chi connectivity index (χ4n) is 2.11. The Morgan fingerprint density at radius 2 is 2.19 bits per heavy atom. The van der Waals surface area contributed by atoms with E-state index in [9.17, 15) is 0 Å². The van der Waals surface area contributed by atoms with E-state index in [0.717, 1.165) is 22.5 Å². The summed E-state index contributed by atoms with van der Waals surface area (Å²) in [6.07, 6.45) is 2.06. The van der Waals surface area contributed by atoms with Gasteiger partial charge in [-0.1, -0.05) is 6.07 Å². The van der Waals surface area contributed by atoms with Crippen LogP contribution in [0.4, 0.5) is 0 Å². The average Bonchev–Trinajstić information content (AvgIpc) is 2.77. The molecule has 0 radical (unpaired) electrons. The molecular weight excluding hydrogens is 200 g/mol. The van der Waals surface area contributed by atoms with Gasteiger partial charge in [-0.3, -0.25) is 4.40 Å². The minimum Gasteiger partial charge on any atom is -0.325 e. The van der Waals surface area contributed by atoms with Gasteiger partial charge in [-0.15, -0.1) is 0 Å². The summed E-state index contributed by atoms with van der Waals surface area (Å²) in [6.45, 7) is 2.62. The molecule has 16 heavy (non-hydrogen) atoms. The second kappa shape index (κ2) is 3.09. The van der Waals surface area contributed by atoms with Crippen molar-refractivity contribution in [2.45, 2.75) is 13.5 Å². The molecule has 0 atom stereocenters. The zero-order valence-corrected chi connectivity index (χ0v) is 9.44. The fraction of sp³-hybridized carbons (Fsp3) is 0.250. The molecule has 3 rings (SSSR count). The van der Waals surface area contributed by atoms with E-state index < -0.39 is 0 Å². The highest BCUT2D eigenvalue weighted by atomic mass is 15.2. The summed E-state index contributed by atoms with van der Waals surface area (Å²) in [5, 5.41) is 0. The lowest BCUT2D eigenvalue weighted by Crippen LogP contribution is -2.02. The van der Waals surface area contributed by atoms with E-state index in [-0.39, 0.29) is 0 Å². The summed E-state index contributed by atoms with van der Waals surface area (Å²) in [7, 11) is 2.00. The van der Waals surface area contributed by atoms with Crippen LogP contribution in [0.2, 0.25) is 0 Å². The van der Waals surface area contributed by atoms with Gasteiger partial charge in [0, 0.05) is 19.8 Å². The molecule has 4 nitrogen and oxygen atoms in total. The first-order valence-electron chi connectivity index (χ1n) is 5.34. The molecule has 0 saturated carbocycles. The molecule has 0 saturated heterocycles. The van der Waals surface area contributed by atoms with Crippen molar-refractivity contribution in [3.8, 4) is 0 Å². The van der Waals surface area contributed by atoms with Crippen molar-refractivity contribution in [2.24, 2.45) is 12.8 Å². The molecule has 4 heteroatoms. The van der Waals surface area contributed by atoms with Gasteiger partial charge in [0.1, 0.15) is 0 Å². The average molecular weight is 214 g/mol. The van der Waals surface area contributed by atoms with Gasteiger partial charge >= 0.3 is 0 Å². The van der Waals surface area contributed by atoms with Gasteiger partial charge < -0.3 is 10.3 Å². The van der Waals surface area contributed by atoms with Gasteiger partial charge in [-0.25, -0.2) is 4.98 Å². The third-order valence-corrected chi connectivity index (χ3v) is 3.04. The highest BCUT2D eigenvalue weighted by Crippen LogP contribution is 2.19. The summed E-state index contributed by atoms with van der Waals surface area (Å²) in [5.74, 6) is 0.945. The molecule has 2 aromatic heterocycles. The number of rotatable bonds is 1. The Hall–Kier alpha value is -1.81. The van der Waals surface area contributed by atoms with E-state index in [0.29, 0.717) is 6.54 Å². The number of benzene rings is 1. The second-order valence-corrected chi connectivity index (χ2v) is 4.16. The molecule has 0 fully saturated rings. The molecule has 3 aromatic rings. The normalized spacial score (nSPS) is 11.7. The molecule has 2 heterocycles. The Bertz CT molecular complexity index is 675. The van der Waals surface area contributed by atoms with Gasteiger partial charge in [-0.05, 0) is 24.6 Å². The van der Waals surface area contributed by atoms with Crippen LogP contribution in [0.3, 0.4) is 0 Å². The Kier molecular flexibility index (Phi) is 1.82. The summed E-state index contributed by atoms with van der Waals surface area (Å²) >= 11 is 0. The Morgan fingerprint density at radius 3 is 2.94 bits per heavy atom. The van der Waals surface area contributed by atoms with Crippen LogP contribution in [0.5, 0.6) is 0 Å². The topological polar surface area (TPSA) is 48.2 Å². The van der Waals surface area contributed by atoms with Crippen LogP contribution in [-0.2, 0) is 13.6 Å². The monoisotopic (exact) mass is 214 g/mol. The molecule has 0 aliphatic heterocycles. The molecule has 0 bridgehead atoms. The van der Waals surface area contributed by atoms with E-state index in [2.05, 4.69) is 40.7 Å². The number of hydrogen-bond donors (Lipinski definition) is 1. The smallest absolute Gasteiger partial charge is 0.214 e. The van der Waals surface area contributed by atoms with E-state index >= 15 is 0 Å². The predicted molar refractivity (Wildman–Crippen MR) is 64.3 cm³/mol. The van der Waals surface area contributed by atoms with Gasteiger partial charge in [0.25, 0.3) is 0 Å². The van der Waals surface area contributed by atoms with Crippen molar-refractivity contribution in [3.05, 3.63) is 35.7 Å². The number of nitrogens with two attached hydrogens (primary N) is 1. The highest BCUT2D eigenvalue weighted by Gasteiger charge is 2.10. The third-order valence-electron chi connectivity index (χ3n) is 3.04. The largest absolute Gasteiger partial charge is 0.325 e. The molecule has 0 aliphatic rings. The summed E-state index contributed by atoms with van der Waals surface area (Å²) in [6, 6.07) is 6.29. The van der Waals surface area contributed by atoms with Crippen molar-refractivity contribution >= 4 is 16.8 Å². The number of imidazole rings is 2. The Morgan fingerprint density at radius 1 is 1.38 bits per heavy atom.